The molecule has 2 aromatic rings. The van der Waals surface area contributed by atoms with Gasteiger partial charge in [-0.15, -0.1) is 0 Å². The van der Waals surface area contributed by atoms with Crippen molar-refractivity contribution in [3.63, 3.8) is 0 Å². The molecule has 0 aliphatic carbocycles. The Kier molecular flexibility index (Phi) is 8.51. The van der Waals surface area contributed by atoms with E-state index in [4.69, 9.17) is 9.47 Å². The number of hydrogen-bond acceptors (Lipinski definition) is 6. The Bertz CT molecular complexity index is 1150. The normalized spacial score (nSPS) is 12.7. The van der Waals surface area contributed by atoms with Crippen LogP contribution in [0.15, 0.2) is 53.4 Å². The fourth-order valence-electron chi connectivity index (χ4n) is 2.92. The van der Waals surface area contributed by atoms with Gasteiger partial charge in [0.05, 0.1) is 31.6 Å². The van der Waals surface area contributed by atoms with E-state index in [0.717, 1.165) is 6.26 Å². The number of esters is 2. The first-order valence-corrected chi connectivity index (χ1v) is 12.1. The van der Waals surface area contributed by atoms with Crippen molar-refractivity contribution in [2.45, 2.75) is 11.8 Å². The third-order valence-corrected chi connectivity index (χ3v) is 5.79. The van der Waals surface area contributed by atoms with Crippen LogP contribution in [-0.4, -0.2) is 72.0 Å². The number of sulfone groups is 1. The average molecular weight is 479 g/mol. The van der Waals surface area contributed by atoms with Crippen molar-refractivity contribution in [3.8, 4) is 0 Å². The second kappa shape index (κ2) is 10.7. The zero-order chi connectivity index (χ0) is 24.8. The predicted octanol–water partition coefficient (Wildman–Crippen LogP) is 2.95. The fourth-order valence-corrected chi connectivity index (χ4v) is 3.55. The minimum atomic E-state index is -3.44. The highest BCUT2D eigenvalue weighted by Crippen LogP contribution is 2.29. The molecule has 2 aromatic carbocycles. The quantitative estimate of drug-likeness (QED) is 0.238. The summed E-state index contributed by atoms with van der Waals surface area (Å²) in [6.45, 7) is 1.61. The van der Waals surface area contributed by atoms with E-state index in [0.29, 0.717) is 16.6 Å². The van der Waals surface area contributed by atoms with Gasteiger partial charge in [-0.05, 0) is 35.4 Å². The highest BCUT2D eigenvalue weighted by Gasteiger charge is 2.23. The molecule has 0 atom stereocenters. The van der Waals surface area contributed by atoms with Gasteiger partial charge in [-0.1, -0.05) is 24.3 Å². The van der Waals surface area contributed by atoms with Gasteiger partial charge in [0.1, 0.15) is 25.6 Å². The minimum absolute atomic E-state index is 0.0317. The Morgan fingerprint density at radius 3 is 2.12 bits per heavy atom. The summed E-state index contributed by atoms with van der Waals surface area (Å²) in [6, 6.07) is 11.2. The lowest BCUT2D eigenvalue weighted by atomic mass is 9.95. The Morgan fingerprint density at radius 2 is 1.61 bits per heavy atom. The van der Waals surface area contributed by atoms with E-state index in [1.54, 1.807) is 6.07 Å². The number of halogens is 1. The second-order valence-electron chi connectivity index (χ2n) is 8.59. The van der Waals surface area contributed by atoms with Crippen LogP contribution in [-0.2, 0) is 28.9 Å². The summed E-state index contributed by atoms with van der Waals surface area (Å²) < 4.78 is 48.9. The van der Waals surface area contributed by atoms with Gasteiger partial charge in [0.2, 0.25) is 0 Å². The Balaban J connectivity index is 2.64. The van der Waals surface area contributed by atoms with Crippen molar-refractivity contribution in [2.75, 3.05) is 47.2 Å². The molecule has 9 heteroatoms. The molecule has 0 aromatic heterocycles. The van der Waals surface area contributed by atoms with E-state index < -0.39 is 27.6 Å². The topological polar surface area (TPSA) is 86.7 Å². The van der Waals surface area contributed by atoms with Crippen LogP contribution in [0, 0.1) is 5.82 Å². The predicted molar refractivity (Wildman–Crippen MR) is 123 cm³/mol. The van der Waals surface area contributed by atoms with E-state index in [1.165, 1.54) is 49.4 Å². The number of rotatable bonds is 9. The lowest BCUT2D eigenvalue weighted by molar-refractivity contribution is -0.870. The van der Waals surface area contributed by atoms with Crippen molar-refractivity contribution in [3.05, 3.63) is 65.5 Å². The standard InChI is InChI=1S/C24H29FNO6S/c1-17(27)32-16-22(18-9-11-21(12-10-18)33(5,29)30)23(19-7-6-8-20(25)15-19)24(28)31-14-13-26(2,3)4/h6-12,15H,13-14,16H2,1-5H3/q+1/b23-22+. The Labute approximate surface area is 193 Å². The molecule has 0 saturated carbocycles. The maximum Gasteiger partial charge on any atom is 0.339 e. The van der Waals surface area contributed by atoms with Crippen molar-refractivity contribution >= 4 is 32.9 Å². The number of carbonyl (C=O) groups excluding carboxylic acids is 2. The summed E-state index contributed by atoms with van der Waals surface area (Å²) in [5.74, 6) is -1.83. The van der Waals surface area contributed by atoms with Crippen LogP contribution in [0.3, 0.4) is 0 Å². The van der Waals surface area contributed by atoms with Crippen LogP contribution in [0.4, 0.5) is 4.39 Å². The Morgan fingerprint density at radius 1 is 0.970 bits per heavy atom. The highest BCUT2D eigenvalue weighted by atomic mass is 32.2. The molecule has 0 aliphatic heterocycles. The average Bonchev–Trinajstić information content (AvgIpc) is 2.69. The number of quaternary nitrogens is 1. The van der Waals surface area contributed by atoms with Crippen LogP contribution in [0.1, 0.15) is 18.1 Å². The molecule has 0 spiro atoms. The molecule has 0 radical (unpaired) electrons. The third-order valence-electron chi connectivity index (χ3n) is 4.67. The number of ether oxygens (including phenoxy) is 2. The molecule has 2 rings (SSSR count). The van der Waals surface area contributed by atoms with E-state index in [1.807, 2.05) is 21.1 Å². The molecule has 178 valence electrons. The molecule has 0 amide bonds. The molecular weight excluding hydrogens is 449 g/mol. The number of likely N-dealkylation sites (N-methyl/N-ethyl adjacent to an activating group) is 1. The number of hydrogen-bond donors (Lipinski definition) is 0. The SMILES string of the molecule is CC(=O)OC/C(=C(\C(=O)OCC[N+](C)(C)C)c1cccc(F)c1)c1ccc(S(C)(=O)=O)cc1. The van der Waals surface area contributed by atoms with E-state index in [2.05, 4.69) is 0 Å². The minimum Gasteiger partial charge on any atom is -0.461 e. The summed E-state index contributed by atoms with van der Waals surface area (Å²) >= 11 is 0. The van der Waals surface area contributed by atoms with Crippen molar-refractivity contribution < 1.29 is 36.4 Å². The van der Waals surface area contributed by atoms with Crippen molar-refractivity contribution in [1.82, 2.24) is 0 Å². The van der Waals surface area contributed by atoms with Crippen molar-refractivity contribution in [1.29, 1.82) is 0 Å². The maximum atomic E-state index is 14.0. The smallest absolute Gasteiger partial charge is 0.339 e. The fraction of sp³-hybridized carbons (Fsp3) is 0.333. The van der Waals surface area contributed by atoms with E-state index in [-0.39, 0.29) is 34.8 Å². The second-order valence-corrected chi connectivity index (χ2v) is 10.6. The first-order valence-electron chi connectivity index (χ1n) is 10.2. The van der Waals surface area contributed by atoms with Gasteiger partial charge >= 0.3 is 11.9 Å². The zero-order valence-electron chi connectivity index (χ0n) is 19.4. The molecule has 33 heavy (non-hydrogen) atoms. The third kappa shape index (κ3) is 8.11. The summed E-state index contributed by atoms with van der Waals surface area (Å²) in [4.78, 5) is 24.8. The van der Waals surface area contributed by atoms with Crippen LogP contribution in [0.2, 0.25) is 0 Å². The van der Waals surface area contributed by atoms with E-state index >= 15 is 0 Å². The summed E-state index contributed by atoms with van der Waals surface area (Å²) in [5, 5.41) is 0. The maximum absolute atomic E-state index is 14.0. The van der Waals surface area contributed by atoms with Gasteiger partial charge in [0, 0.05) is 18.8 Å². The van der Waals surface area contributed by atoms with Crippen molar-refractivity contribution in [2.24, 2.45) is 0 Å². The molecule has 0 bridgehead atoms. The first kappa shape index (κ1) is 26.2. The molecular formula is C24H29FNO6S+. The molecule has 0 heterocycles. The summed E-state index contributed by atoms with van der Waals surface area (Å²) in [6.07, 6.45) is 1.08. The number of carbonyl (C=O) groups is 2. The molecule has 7 nitrogen and oxygen atoms in total. The molecule has 0 aliphatic rings. The van der Waals surface area contributed by atoms with Gasteiger partial charge in [0.25, 0.3) is 0 Å². The highest BCUT2D eigenvalue weighted by molar-refractivity contribution is 7.90. The first-order chi connectivity index (χ1) is 15.3. The summed E-state index contributed by atoms with van der Waals surface area (Å²) in [5.41, 5.74) is 0.987. The number of nitrogens with zero attached hydrogens (tertiary/aromatic N) is 1. The monoisotopic (exact) mass is 478 g/mol. The molecule has 0 fully saturated rings. The number of benzene rings is 2. The zero-order valence-corrected chi connectivity index (χ0v) is 20.2. The molecule has 0 N–H and O–H groups in total. The summed E-state index contributed by atoms with van der Waals surface area (Å²) in [7, 11) is 2.42. The van der Waals surface area contributed by atoms with Gasteiger partial charge in [-0.25, -0.2) is 17.6 Å². The van der Waals surface area contributed by atoms with Gasteiger partial charge in [-0.2, -0.15) is 0 Å². The Hall–Kier alpha value is -3.04. The van der Waals surface area contributed by atoms with Crippen LogP contribution in [0.5, 0.6) is 0 Å². The van der Waals surface area contributed by atoms with Crippen LogP contribution in [0.25, 0.3) is 11.1 Å². The van der Waals surface area contributed by atoms with Crippen LogP contribution >= 0.6 is 0 Å². The van der Waals surface area contributed by atoms with Gasteiger partial charge in [0.15, 0.2) is 9.84 Å². The largest absolute Gasteiger partial charge is 0.461 e. The van der Waals surface area contributed by atoms with Gasteiger partial charge in [-0.3, -0.25) is 4.79 Å². The van der Waals surface area contributed by atoms with Crippen LogP contribution < -0.4 is 0 Å². The molecule has 0 saturated heterocycles. The lowest BCUT2D eigenvalue weighted by Gasteiger charge is -2.23. The van der Waals surface area contributed by atoms with E-state index in [9.17, 15) is 22.4 Å². The lowest BCUT2D eigenvalue weighted by Crippen LogP contribution is -2.38. The van der Waals surface area contributed by atoms with Gasteiger partial charge < -0.3 is 14.0 Å². The molecule has 0 unspecified atom stereocenters.